The van der Waals surface area contributed by atoms with Crippen LogP contribution in [0.4, 0.5) is 5.69 Å². The number of carboxylic acid groups (broad SMARTS) is 1. The molecule has 1 amide bonds. The fourth-order valence-electron chi connectivity index (χ4n) is 2.40. The van der Waals surface area contributed by atoms with Crippen LogP contribution in [-0.2, 0) is 14.3 Å². The maximum Gasteiger partial charge on any atom is 0.311 e. The summed E-state index contributed by atoms with van der Waals surface area (Å²) < 4.78 is 15.6. The number of nitro benzene ring substituents is 1. The number of hydrogen-bond acceptors (Lipinski definition) is 7. The molecule has 0 aliphatic carbocycles. The van der Waals surface area contributed by atoms with Gasteiger partial charge in [0.05, 0.1) is 31.2 Å². The molecule has 0 bridgehead atoms. The molecule has 1 atom stereocenters. The summed E-state index contributed by atoms with van der Waals surface area (Å²) in [5, 5.41) is 19.6. The van der Waals surface area contributed by atoms with Crippen LogP contribution in [0, 0.1) is 10.1 Å². The Morgan fingerprint density at radius 3 is 2.88 bits per heavy atom. The second-order valence-corrected chi connectivity index (χ2v) is 5.31. The molecule has 1 aliphatic heterocycles. The van der Waals surface area contributed by atoms with Gasteiger partial charge in [-0.15, -0.1) is 0 Å². The number of nitro groups is 1. The Morgan fingerprint density at radius 1 is 1.48 bits per heavy atom. The highest BCUT2D eigenvalue weighted by molar-refractivity contribution is 5.78. The molecule has 1 fully saturated rings. The highest BCUT2D eigenvalue weighted by atomic mass is 16.6. The van der Waals surface area contributed by atoms with Crippen molar-refractivity contribution in [2.75, 3.05) is 33.4 Å². The van der Waals surface area contributed by atoms with Crippen molar-refractivity contribution in [3.05, 3.63) is 28.3 Å². The Bertz CT molecular complexity index is 663. The lowest BCUT2D eigenvalue weighted by Crippen LogP contribution is -2.47. The molecule has 1 unspecified atom stereocenters. The van der Waals surface area contributed by atoms with Crippen LogP contribution in [0.15, 0.2) is 18.2 Å². The Hall–Kier alpha value is -2.88. The number of ether oxygens (including phenoxy) is 3. The second kappa shape index (κ2) is 8.29. The van der Waals surface area contributed by atoms with Gasteiger partial charge in [0.15, 0.2) is 6.61 Å². The Kier molecular flexibility index (Phi) is 6.12. The first-order valence-corrected chi connectivity index (χ1v) is 7.47. The average Bonchev–Trinajstić information content (AvgIpc) is 2.58. The summed E-state index contributed by atoms with van der Waals surface area (Å²) in [6.45, 7) is 0.510. The maximum atomic E-state index is 12.2. The van der Waals surface area contributed by atoms with Gasteiger partial charge in [0.2, 0.25) is 5.75 Å². The molecule has 0 saturated carbocycles. The first-order chi connectivity index (χ1) is 11.9. The van der Waals surface area contributed by atoms with Gasteiger partial charge in [-0.2, -0.15) is 0 Å². The van der Waals surface area contributed by atoms with Crippen LogP contribution in [0.25, 0.3) is 0 Å². The van der Waals surface area contributed by atoms with Crippen LogP contribution >= 0.6 is 0 Å². The quantitative estimate of drug-likeness (QED) is 0.559. The average molecular weight is 354 g/mol. The molecule has 0 aromatic heterocycles. The monoisotopic (exact) mass is 354 g/mol. The number of carboxylic acids is 1. The SMILES string of the molecule is COc1cc(OCC(=O)N2CCOC(CC(=O)O)C2)ccc1[N+](=O)[O-]. The van der Waals surface area contributed by atoms with Gasteiger partial charge in [0.25, 0.3) is 5.91 Å². The summed E-state index contributed by atoms with van der Waals surface area (Å²) in [6, 6.07) is 3.94. The minimum Gasteiger partial charge on any atom is -0.490 e. The van der Waals surface area contributed by atoms with E-state index < -0.39 is 17.0 Å². The number of methoxy groups -OCH3 is 1. The fourth-order valence-corrected chi connectivity index (χ4v) is 2.40. The molecular weight excluding hydrogens is 336 g/mol. The predicted octanol–water partition coefficient (Wildman–Crippen LogP) is 0.684. The molecule has 1 N–H and O–H groups in total. The Labute approximate surface area is 143 Å². The minimum atomic E-state index is -0.992. The van der Waals surface area contributed by atoms with Gasteiger partial charge < -0.3 is 24.2 Å². The van der Waals surface area contributed by atoms with E-state index in [0.717, 1.165) is 0 Å². The summed E-state index contributed by atoms with van der Waals surface area (Å²) in [4.78, 5) is 34.6. The van der Waals surface area contributed by atoms with E-state index >= 15 is 0 Å². The molecule has 10 nitrogen and oxygen atoms in total. The Balaban J connectivity index is 1.93. The number of hydrogen-bond donors (Lipinski definition) is 1. The van der Waals surface area contributed by atoms with Gasteiger partial charge in [-0.3, -0.25) is 19.7 Å². The molecule has 0 spiro atoms. The fraction of sp³-hybridized carbons (Fsp3) is 0.467. The number of nitrogens with zero attached hydrogens (tertiary/aromatic N) is 2. The highest BCUT2D eigenvalue weighted by Crippen LogP contribution is 2.30. The third-order valence-corrected chi connectivity index (χ3v) is 3.60. The Morgan fingerprint density at radius 2 is 2.24 bits per heavy atom. The van der Waals surface area contributed by atoms with Gasteiger partial charge in [0.1, 0.15) is 5.75 Å². The zero-order valence-corrected chi connectivity index (χ0v) is 13.5. The van der Waals surface area contributed by atoms with Gasteiger partial charge in [0, 0.05) is 25.2 Å². The van der Waals surface area contributed by atoms with E-state index in [1.165, 1.54) is 30.2 Å². The molecule has 1 aromatic carbocycles. The third kappa shape index (κ3) is 5.05. The third-order valence-electron chi connectivity index (χ3n) is 3.60. The van der Waals surface area contributed by atoms with E-state index in [0.29, 0.717) is 6.54 Å². The molecule has 10 heteroatoms. The van der Waals surface area contributed by atoms with E-state index in [4.69, 9.17) is 19.3 Å². The number of rotatable bonds is 7. The van der Waals surface area contributed by atoms with Crippen LogP contribution in [0.1, 0.15) is 6.42 Å². The van der Waals surface area contributed by atoms with Crippen molar-refractivity contribution in [3.63, 3.8) is 0 Å². The summed E-state index contributed by atoms with van der Waals surface area (Å²) >= 11 is 0. The molecule has 0 radical (unpaired) electrons. The smallest absolute Gasteiger partial charge is 0.311 e. The molecule has 136 valence electrons. The van der Waals surface area contributed by atoms with Crippen LogP contribution in [-0.4, -0.2) is 66.3 Å². The van der Waals surface area contributed by atoms with Crippen molar-refractivity contribution in [2.45, 2.75) is 12.5 Å². The summed E-state index contributed by atoms with van der Waals surface area (Å²) in [7, 11) is 1.30. The van der Waals surface area contributed by atoms with E-state index in [-0.39, 0.29) is 49.3 Å². The van der Waals surface area contributed by atoms with Crippen molar-refractivity contribution in [3.8, 4) is 11.5 Å². The number of morpholine rings is 1. The van der Waals surface area contributed by atoms with Crippen molar-refractivity contribution in [1.29, 1.82) is 0 Å². The van der Waals surface area contributed by atoms with Crippen molar-refractivity contribution >= 4 is 17.6 Å². The summed E-state index contributed by atoms with van der Waals surface area (Å²) in [5.74, 6) is -1.03. The lowest BCUT2D eigenvalue weighted by atomic mass is 10.2. The van der Waals surface area contributed by atoms with Crippen LogP contribution < -0.4 is 9.47 Å². The van der Waals surface area contributed by atoms with Gasteiger partial charge >= 0.3 is 11.7 Å². The predicted molar refractivity (Wildman–Crippen MR) is 83.7 cm³/mol. The van der Waals surface area contributed by atoms with E-state index in [1.54, 1.807) is 0 Å². The van der Waals surface area contributed by atoms with Crippen molar-refractivity contribution in [2.24, 2.45) is 0 Å². The first-order valence-electron chi connectivity index (χ1n) is 7.47. The van der Waals surface area contributed by atoms with Crippen molar-refractivity contribution in [1.82, 2.24) is 4.90 Å². The standard InChI is InChI=1S/C15H18N2O8/c1-23-13-6-10(2-3-12(13)17(21)22)25-9-14(18)16-4-5-24-11(8-16)7-15(19)20/h2-3,6,11H,4-5,7-9H2,1H3,(H,19,20). The summed E-state index contributed by atoms with van der Waals surface area (Å²) in [5.41, 5.74) is -0.203. The molecular formula is C15H18N2O8. The minimum absolute atomic E-state index is 0.0304. The van der Waals surface area contributed by atoms with Crippen LogP contribution in [0.2, 0.25) is 0 Å². The lowest BCUT2D eigenvalue weighted by molar-refractivity contribution is -0.385. The second-order valence-electron chi connectivity index (χ2n) is 5.31. The molecule has 25 heavy (non-hydrogen) atoms. The number of aliphatic carboxylic acids is 1. The van der Waals surface area contributed by atoms with Crippen LogP contribution in [0.5, 0.6) is 11.5 Å². The molecule has 1 aromatic rings. The van der Waals surface area contributed by atoms with E-state index in [2.05, 4.69) is 0 Å². The number of amides is 1. The molecule has 2 rings (SSSR count). The zero-order valence-electron chi connectivity index (χ0n) is 13.5. The van der Waals surface area contributed by atoms with E-state index in [1.807, 2.05) is 0 Å². The maximum absolute atomic E-state index is 12.2. The van der Waals surface area contributed by atoms with Gasteiger partial charge in [-0.1, -0.05) is 0 Å². The van der Waals surface area contributed by atoms with Crippen LogP contribution in [0.3, 0.4) is 0 Å². The largest absolute Gasteiger partial charge is 0.490 e. The number of carbonyl (C=O) groups is 2. The first kappa shape index (κ1) is 18.5. The van der Waals surface area contributed by atoms with E-state index in [9.17, 15) is 19.7 Å². The normalized spacial score (nSPS) is 17.0. The number of carbonyl (C=O) groups excluding carboxylic acids is 1. The van der Waals surface area contributed by atoms with Crippen molar-refractivity contribution < 1.29 is 33.8 Å². The summed E-state index contributed by atoms with van der Waals surface area (Å²) in [6.07, 6.45) is -0.723. The lowest BCUT2D eigenvalue weighted by Gasteiger charge is -2.32. The highest BCUT2D eigenvalue weighted by Gasteiger charge is 2.26. The molecule has 1 saturated heterocycles. The molecule has 1 heterocycles. The zero-order chi connectivity index (χ0) is 18.4. The van der Waals surface area contributed by atoms with Gasteiger partial charge in [-0.05, 0) is 6.07 Å². The van der Waals surface area contributed by atoms with Gasteiger partial charge in [-0.25, -0.2) is 0 Å². The number of benzene rings is 1. The molecule has 1 aliphatic rings. The topological polar surface area (TPSA) is 128 Å².